The number of rotatable bonds is 5. The molecule has 1 atom stereocenters. The summed E-state index contributed by atoms with van der Waals surface area (Å²) in [4.78, 5) is 9.56. The molecule has 0 saturated carbocycles. The summed E-state index contributed by atoms with van der Waals surface area (Å²) < 4.78 is 0. The van der Waals surface area contributed by atoms with Crippen LogP contribution in [0.25, 0.3) is 11.3 Å². The van der Waals surface area contributed by atoms with E-state index in [4.69, 9.17) is 4.98 Å². The number of anilines is 3. The van der Waals surface area contributed by atoms with Gasteiger partial charge in [0.15, 0.2) is 5.82 Å². The van der Waals surface area contributed by atoms with Gasteiger partial charge >= 0.3 is 0 Å². The fraction of sp³-hybridized carbons (Fsp3) is 0.423. The summed E-state index contributed by atoms with van der Waals surface area (Å²) >= 11 is 0. The lowest BCUT2D eigenvalue weighted by molar-refractivity contribution is 0.459. The number of para-hydroxylation sites is 1. The number of phenols is 1. The number of aromatic nitrogens is 3. The van der Waals surface area contributed by atoms with Gasteiger partial charge in [-0.25, -0.2) is 4.98 Å². The minimum Gasteiger partial charge on any atom is -0.507 e. The van der Waals surface area contributed by atoms with E-state index in [0.29, 0.717) is 17.2 Å². The SMILES string of the molecule is CNc1nnc(-c2ccccc2O)cc1N1CCN(c2ccc(C3CCNCC3)cn2)C[C@@H]1C. The molecule has 2 fully saturated rings. The van der Waals surface area contributed by atoms with Gasteiger partial charge in [0.1, 0.15) is 11.6 Å². The number of nitrogens with one attached hydrogen (secondary N) is 2. The molecule has 8 heteroatoms. The van der Waals surface area contributed by atoms with Crippen molar-refractivity contribution in [3.8, 4) is 17.0 Å². The Morgan fingerprint density at radius 1 is 1.06 bits per heavy atom. The molecule has 2 aliphatic rings. The lowest BCUT2D eigenvalue weighted by atomic mass is 9.91. The Labute approximate surface area is 201 Å². The first kappa shape index (κ1) is 22.4. The van der Waals surface area contributed by atoms with Crippen LogP contribution in [0.1, 0.15) is 31.2 Å². The van der Waals surface area contributed by atoms with Crippen molar-refractivity contribution in [1.82, 2.24) is 20.5 Å². The molecule has 2 aliphatic heterocycles. The molecular weight excluding hydrogens is 426 g/mol. The van der Waals surface area contributed by atoms with E-state index in [2.05, 4.69) is 55.9 Å². The van der Waals surface area contributed by atoms with Crippen LogP contribution in [0.4, 0.5) is 17.3 Å². The Balaban J connectivity index is 1.33. The van der Waals surface area contributed by atoms with Crippen molar-refractivity contribution in [2.75, 3.05) is 54.9 Å². The molecule has 3 N–H and O–H groups in total. The summed E-state index contributed by atoms with van der Waals surface area (Å²) in [6.07, 6.45) is 4.45. The van der Waals surface area contributed by atoms with Crippen molar-refractivity contribution < 1.29 is 5.11 Å². The minimum atomic E-state index is 0.205. The zero-order valence-electron chi connectivity index (χ0n) is 19.9. The average molecular weight is 460 g/mol. The maximum absolute atomic E-state index is 10.3. The summed E-state index contributed by atoms with van der Waals surface area (Å²) in [6, 6.07) is 14.0. The second-order valence-corrected chi connectivity index (χ2v) is 9.19. The van der Waals surface area contributed by atoms with Crippen LogP contribution in [0.3, 0.4) is 0 Å². The van der Waals surface area contributed by atoms with E-state index in [-0.39, 0.29) is 11.8 Å². The summed E-state index contributed by atoms with van der Waals surface area (Å²) in [5, 5.41) is 25.7. The number of piperazine rings is 1. The fourth-order valence-corrected chi connectivity index (χ4v) is 5.11. The van der Waals surface area contributed by atoms with Gasteiger partial charge in [0.25, 0.3) is 0 Å². The maximum atomic E-state index is 10.3. The summed E-state index contributed by atoms with van der Waals surface area (Å²) in [6.45, 7) is 7.01. The molecule has 2 saturated heterocycles. The van der Waals surface area contributed by atoms with Gasteiger partial charge in [-0.1, -0.05) is 18.2 Å². The molecule has 0 unspecified atom stereocenters. The van der Waals surface area contributed by atoms with Crippen LogP contribution in [0.2, 0.25) is 0 Å². The smallest absolute Gasteiger partial charge is 0.172 e. The summed E-state index contributed by atoms with van der Waals surface area (Å²) in [5.41, 5.74) is 3.70. The lowest BCUT2D eigenvalue weighted by Crippen LogP contribution is -2.52. The first-order chi connectivity index (χ1) is 16.6. The largest absolute Gasteiger partial charge is 0.507 e. The second kappa shape index (κ2) is 9.85. The highest BCUT2D eigenvalue weighted by atomic mass is 16.3. The molecule has 5 rings (SSSR count). The van der Waals surface area contributed by atoms with E-state index in [1.54, 1.807) is 6.07 Å². The Morgan fingerprint density at radius 3 is 2.59 bits per heavy atom. The molecule has 34 heavy (non-hydrogen) atoms. The third-order valence-corrected chi connectivity index (χ3v) is 7.03. The van der Waals surface area contributed by atoms with Crippen molar-refractivity contribution in [3.63, 3.8) is 0 Å². The Bertz CT molecular complexity index is 1110. The van der Waals surface area contributed by atoms with E-state index in [0.717, 1.165) is 50.0 Å². The number of hydrogen-bond donors (Lipinski definition) is 3. The number of piperidine rings is 1. The van der Waals surface area contributed by atoms with E-state index in [1.165, 1.54) is 18.4 Å². The average Bonchev–Trinajstić information content (AvgIpc) is 2.89. The topological polar surface area (TPSA) is 89.4 Å². The Hall–Kier alpha value is -3.39. The third-order valence-electron chi connectivity index (χ3n) is 7.03. The zero-order valence-corrected chi connectivity index (χ0v) is 19.9. The molecule has 0 spiro atoms. The van der Waals surface area contributed by atoms with Gasteiger partial charge in [-0.3, -0.25) is 0 Å². The second-order valence-electron chi connectivity index (χ2n) is 9.19. The highest BCUT2D eigenvalue weighted by Crippen LogP contribution is 2.34. The van der Waals surface area contributed by atoms with Gasteiger partial charge in [-0.05, 0) is 68.6 Å². The van der Waals surface area contributed by atoms with Crippen molar-refractivity contribution >= 4 is 17.3 Å². The van der Waals surface area contributed by atoms with Gasteiger partial charge in [-0.2, -0.15) is 0 Å². The van der Waals surface area contributed by atoms with Gasteiger partial charge in [0.05, 0.1) is 11.4 Å². The van der Waals surface area contributed by atoms with Crippen LogP contribution in [-0.4, -0.2) is 66.1 Å². The summed E-state index contributed by atoms with van der Waals surface area (Å²) in [7, 11) is 1.86. The molecule has 2 aromatic heterocycles. The number of nitrogens with zero attached hydrogens (tertiary/aromatic N) is 5. The standard InChI is InChI=1S/C26H33N7O/c1-18-17-32(25-8-7-20(16-29-25)19-9-11-28-12-10-19)13-14-33(18)23-15-22(30-31-26(23)27-2)21-5-3-4-6-24(21)34/h3-8,15-16,18-19,28,34H,9-14,17H2,1-2H3,(H,27,31)/t18-/m0/s1. The highest BCUT2D eigenvalue weighted by molar-refractivity contribution is 5.75. The molecule has 0 aliphatic carbocycles. The van der Waals surface area contributed by atoms with Crippen molar-refractivity contribution in [2.24, 2.45) is 0 Å². The molecule has 0 bridgehead atoms. The molecule has 0 radical (unpaired) electrons. The Morgan fingerprint density at radius 2 is 1.88 bits per heavy atom. The van der Waals surface area contributed by atoms with Crippen LogP contribution in [0, 0.1) is 0 Å². The molecule has 178 valence electrons. The molecule has 1 aromatic carbocycles. The normalized spacial score (nSPS) is 19.3. The van der Waals surface area contributed by atoms with E-state index >= 15 is 0 Å². The van der Waals surface area contributed by atoms with Crippen molar-refractivity contribution in [1.29, 1.82) is 0 Å². The van der Waals surface area contributed by atoms with E-state index < -0.39 is 0 Å². The molecule has 3 aromatic rings. The molecule has 0 amide bonds. The van der Waals surface area contributed by atoms with Gasteiger partial charge in [0.2, 0.25) is 0 Å². The van der Waals surface area contributed by atoms with Crippen molar-refractivity contribution in [3.05, 3.63) is 54.2 Å². The summed E-state index contributed by atoms with van der Waals surface area (Å²) in [5.74, 6) is 2.61. The van der Waals surface area contributed by atoms with Crippen molar-refractivity contribution in [2.45, 2.75) is 31.7 Å². The molecule has 4 heterocycles. The number of aromatic hydroxyl groups is 1. The monoisotopic (exact) mass is 459 g/mol. The predicted octanol–water partition coefficient (Wildman–Crippen LogP) is 3.47. The number of benzene rings is 1. The number of pyridine rings is 1. The zero-order chi connectivity index (χ0) is 23.5. The van der Waals surface area contributed by atoms with Crippen LogP contribution >= 0.6 is 0 Å². The van der Waals surface area contributed by atoms with Crippen LogP contribution in [0.5, 0.6) is 5.75 Å². The van der Waals surface area contributed by atoms with Gasteiger partial charge in [-0.15, -0.1) is 10.2 Å². The quantitative estimate of drug-likeness (QED) is 0.535. The predicted molar refractivity (Wildman–Crippen MR) is 137 cm³/mol. The third kappa shape index (κ3) is 4.50. The van der Waals surface area contributed by atoms with Crippen LogP contribution < -0.4 is 20.4 Å². The van der Waals surface area contributed by atoms with E-state index in [1.807, 2.05) is 31.3 Å². The van der Waals surface area contributed by atoms with Crippen LogP contribution in [0.15, 0.2) is 48.7 Å². The number of phenolic OH excluding ortho intramolecular Hbond substituents is 1. The van der Waals surface area contributed by atoms with Gasteiger partial charge < -0.3 is 25.5 Å². The maximum Gasteiger partial charge on any atom is 0.172 e. The minimum absolute atomic E-state index is 0.205. The highest BCUT2D eigenvalue weighted by Gasteiger charge is 2.28. The van der Waals surface area contributed by atoms with Crippen LogP contribution in [-0.2, 0) is 0 Å². The fourth-order valence-electron chi connectivity index (χ4n) is 5.11. The molecule has 8 nitrogen and oxygen atoms in total. The molecular formula is C26H33N7O. The Kier molecular flexibility index (Phi) is 6.49. The van der Waals surface area contributed by atoms with E-state index in [9.17, 15) is 5.11 Å². The lowest BCUT2D eigenvalue weighted by Gasteiger charge is -2.42. The first-order valence-corrected chi connectivity index (χ1v) is 12.2. The van der Waals surface area contributed by atoms with Gasteiger partial charge in [0, 0.05) is 44.5 Å². The number of hydrogen-bond acceptors (Lipinski definition) is 8. The first-order valence-electron chi connectivity index (χ1n) is 12.2.